The Labute approximate surface area is 135 Å². The second-order valence-corrected chi connectivity index (χ2v) is 5.75. The van der Waals surface area contributed by atoms with E-state index in [1.165, 1.54) is 29.8 Å². The van der Waals surface area contributed by atoms with Crippen LogP contribution in [0.4, 0.5) is 10.1 Å². The lowest BCUT2D eigenvalue weighted by atomic mass is 10.0. The predicted molar refractivity (Wildman–Crippen MR) is 89.1 cm³/mol. The largest absolute Gasteiger partial charge is 0.326 e. The van der Waals surface area contributed by atoms with Gasteiger partial charge in [0.05, 0.1) is 0 Å². The number of carbonyl (C=O) groups is 2. The van der Waals surface area contributed by atoms with Crippen LogP contribution in [0.3, 0.4) is 0 Å². The molecule has 0 aliphatic rings. The highest BCUT2D eigenvalue weighted by Gasteiger charge is 2.10. The summed E-state index contributed by atoms with van der Waals surface area (Å²) in [7, 11) is 0. The lowest BCUT2D eigenvalue weighted by Crippen LogP contribution is -2.13. The zero-order valence-electron chi connectivity index (χ0n) is 13.3. The maximum absolute atomic E-state index is 12.8. The lowest BCUT2D eigenvalue weighted by Gasteiger charge is -2.08. The smallest absolute Gasteiger partial charge is 0.224 e. The van der Waals surface area contributed by atoms with Crippen molar-refractivity contribution in [2.75, 3.05) is 5.32 Å². The molecule has 4 heteroatoms. The monoisotopic (exact) mass is 313 g/mol. The number of ketones is 1. The van der Waals surface area contributed by atoms with Gasteiger partial charge < -0.3 is 5.32 Å². The Hall–Kier alpha value is -2.49. The molecule has 2 aromatic carbocycles. The first-order valence-electron chi connectivity index (χ1n) is 7.64. The quantitative estimate of drug-likeness (QED) is 0.795. The molecular formula is C19H20FNO2. The number of anilines is 1. The first-order valence-corrected chi connectivity index (χ1v) is 7.64. The summed E-state index contributed by atoms with van der Waals surface area (Å²) in [6.45, 7) is 4.21. The van der Waals surface area contributed by atoms with E-state index >= 15 is 0 Å². The van der Waals surface area contributed by atoms with Crippen LogP contribution in [0.1, 0.15) is 48.5 Å². The fourth-order valence-electron chi connectivity index (χ4n) is 2.18. The summed E-state index contributed by atoms with van der Waals surface area (Å²) in [6.07, 6.45) is 0.198. The van der Waals surface area contributed by atoms with Crippen molar-refractivity contribution in [1.29, 1.82) is 0 Å². The number of benzene rings is 2. The highest BCUT2D eigenvalue weighted by molar-refractivity contribution is 5.99. The van der Waals surface area contributed by atoms with Gasteiger partial charge in [-0.15, -0.1) is 0 Å². The number of halogens is 1. The van der Waals surface area contributed by atoms with Crippen LogP contribution in [-0.4, -0.2) is 11.7 Å². The van der Waals surface area contributed by atoms with Gasteiger partial charge in [0.15, 0.2) is 5.78 Å². The Morgan fingerprint density at radius 1 is 0.957 bits per heavy atom. The van der Waals surface area contributed by atoms with Crippen LogP contribution in [-0.2, 0) is 4.79 Å². The van der Waals surface area contributed by atoms with Gasteiger partial charge in [0.25, 0.3) is 0 Å². The van der Waals surface area contributed by atoms with Gasteiger partial charge in [0.2, 0.25) is 5.91 Å². The fraction of sp³-hybridized carbons (Fsp3) is 0.263. The molecule has 0 aliphatic heterocycles. The molecule has 23 heavy (non-hydrogen) atoms. The van der Waals surface area contributed by atoms with Gasteiger partial charge >= 0.3 is 0 Å². The minimum Gasteiger partial charge on any atom is -0.326 e. The summed E-state index contributed by atoms with van der Waals surface area (Å²) in [4.78, 5) is 23.8. The Morgan fingerprint density at radius 2 is 1.57 bits per heavy atom. The number of amides is 1. The lowest BCUT2D eigenvalue weighted by molar-refractivity contribution is -0.116. The molecule has 0 fully saturated rings. The van der Waals surface area contributed by atoms with Gasteiger partial charge in [-0.2, -0.15) is 0 Å². The van der Waals surface area contributed by atoms with Crippen molar-refractivity contribution in [3.8, 4) is 0 Å². The third-order valence-electron chi connectivity index (χ3n) is 3.61. The zero-order chi connectivity index (χ0) is 16.8. The average Bonchev–Trinajstić information content (AvgIpc) is 2.54. The number of hydrogen-bond acceptors (Lipinski definition) is 2. The van der Waals surface area contributed by atoms with Crippen LogP contribution in [0.25, 0.3) is 0 Å². The predicted octanol–water partition coefficient (Wildman–Crippen LogP) is 4.55. The summed E-state index contributed by atoms with van der Waals surface area (Å²) in [5.41, 5.74) is 2.34. The van der Waals surface area contributed by atoms with E-state index in [1.807, 2.05) is 24.3 Å². The van der Waals surface area contributed by atoms with Crippen LogP contribution in [0.15, 0.2) is 48.5 Å². The Kier molecular flexibility index (Phi) is 5.63. The molecule has 0 unspecified atom stereocenters. The molecule has 1 amide bonds. The summed E-state index contributed by atoms with van der Waals surface area (Å²) in [5, 5.41) is 2.77. The first kappa shape index (κ1) is 16.9. The normalized spacial score (nSPS) is 10.6. The van der Waals surface area contributed by atoms with E-state index in [1.54, 1.807) is 0 Å². The molecule has 0 heterocycles. The van der Waals surface area contributed by atoms with E-state index in [0.29, 0.717) is 17.2 Å². The minimum atomic E-state index is -0.385. The maximum atomic E-state index is 12.8. The topological polar surface area (TPSA) is 46.2 Å². The van der Waals surface area contributed by atoms with Crippen molar-refractivity contribution in [1.82, 2.24) is 0 Å². The van der Waals surface area contributed by atoms with E-state index in [4.69, 9.17) is 0 Å². The Morgan fingerprint density at radius 3 is 2.13 bits per heavy atom. The van der Waals surface area contributed by atoms with Gasteiger partial charge in [0.1, 0.15) is 5.82 Å². The van der Waals surface area contributed by atoms with E-state index < -0.39 is 0 Å². The molecule has 0 aromatic heterocycles. The number of carbonyl (C=O) groups excluding carboxylic acids is 2. The van der Waals surface area contributed by atoms with Crippen molar-refractivity contribution in [3.63, 3.8) is 0 Å². The van der Waals surface area contributed by atoms with E-state index in [2.05, 4.69) is 19.2 Å². The van der Waals surface area contributed by atoms with Crippen LogP contribution >= 0.6 is 0 Å². The highest BCUT2D eigenvalue weighted by atomic mass is 19.1. The summed E-state index contributed by atoms with van der Waals surface area (Å²) in [6, 6.07) is 13.0. The molecule has 0 radical (unpaired) electrons. The molecular weight excluding hydrogens is 293 g/mol. The molecule has 2 aromatic rings. The summed E-state index contributed by atoms with van der Waals surface area (Å²) in [5.74, 6) is -0.328. The van der Waals surface area contributed by atoms with Gasteiger partial charge in [-0.1, -0.05) is 26.0 Å². The van der Waals surface area contributed by atoms with Crippen molar-refractivity contribution < 1.29 is 14.0 Å². The van der Waals surface area contributed by atoms with Gasteiger partial charge in [-0.05, 0) is 47.9 Å². The zero-order valence-corrected chi connectivity index (χ0v) is 13.3. The molecule has 0 atom stereocenters. The van der Waals surface area contributed by atoms with Crippen molar-refractivity contribution in [2.24, 2.45) is 0 Å². The molecule has 0 spiro atoms. The van der Waals surface area contributed by atoms with Gasteiger partial charge in [0, 0.05) is 24.1 Å². The van der Waals surface area contributed by atoms with Crippen LogP contribution in [0.5, 0.6) is 0 Å². The number of rotatable bonds is 6. The molecule has 0 saturated carbocycles. The van der Waals surface area contributed by atoms with Crippen LogP contribution in [0.2, 0.25) is 0 Å². The molecule has 3 nitrogen and oxygen atoms in total. The first-order chi connectivity index (χ1) is 11.0. The molecule has 0 aliphatic carbocycles. The number of hydrogen-bond donors (Lipinski definition) is 1. The molecule has 120 valence electrons. The van der Waals surface area contributed by atoms with Gasteiger partial charge in [-0.25, -0.2) is 4.39 Å². The Bertz CT molecular complexity index is 676. The third-order valence-corrected chi connectivity index (χ3v) is 3.61. The molecule has 2 rings (SSSR count). The standard InChI is InChI=1S/C19H20FNO2/c1-13(2)14-5-9-17(10-6-14)21-19(23)12-11-18(22)15-3-7-16(20)8-4-15/h3-10,13H,11-12H2,1-2H3,(H,21,23). The van der Waals surface area contributed by atoms with Gasteiger partial charge in [-0.3, -0.25) is 9.59 Å². The number of nitrogens with one attached hydrogen (secondary N) is 1. The SMILES string of the molecule is CC(C)c1ccc(NC(=O)CCC(=O)c2ccc(F)cc2)cc1. The third kappa shape index (κ3) is 5.02. The minimum absolute atomic E-state index is 0.0988. The second kappa shape index (κ2) is 7.68. The summed E-state index contributed by atoms with van der Waals surface area (Å²) >= 11 is 0. The summed E-state index contributed by atoms with van der Waals surface area (Å²) < 4.78 is 12.8. The molecule has 1 N–H and O–H groups in total. The maximum Gasteiger partial charge on any atom is 0.224 e. The van der Waals surface area contributed by atoms with Crippen molar-refractivity contribution >= 4 is 17.4 Å². The van der Waals surface area contributed by atoms with Crippen molar-refractivity contribution in [2.45, 2.75) is 32.6 Å². The van der Waals surface area contributed by atoms with E-state index in [-0.39, 0.29) is 30.3 Å². The number of Topliss-reactive ketones (excluding diaryl/α,β-unsaturated/α-hetero) is 1. The van der Waals surface area contributed by atoms with E-state index in [0.717, 1.165) is 0 Å². The van der Waals surface area contributed by atoms with Crippen LogP contribution < -0.4 is 5.32 Å². The molecule has 0 saturated heterocycles. The fourth-order valence-corrected chi connectivity index (χ4v) is 2.18. The second-order valence-electron chi connectivity index (χ2n) is 5.75. The van der Waals surface area contributed by atoms with Crippen LogP contribution in [0, 0.1) is 5.82 Å². The van der Waals surface area contributed by atoms with E-state index in [9.17, 15) is 14.0 Å². The average molecular weight is 313 g/mol. The Balaban J connectivity index is 1.85. The van der Waals surface area contributed by atoms with Crippen molar-refractivity contribution in [3.05, 3.63) is 65.5 Å². The highest BCUT2D eigenvalue weighted by Crippen LogP contribution is 2.17. The molecule has 0 bridgehead atoms.